The van der Waals surface area contributed by atoms with Gasteiger partial charge < -0.3 is 10.1 Å². The molecule has 0 saturated carbocycles. The second kappa shape index (κ2) is 11.2. The third-order valence-corrected chi connectivity index (χ3v) is 6.62. The number of nitro groups is 1. The Morgan fingerprint density at radius 1 is 1.10 bits per heavy atom. The summed E-state index contributed by atoms with van der Waals surface area (Å²) in [4.78, 5) is 49.1. The third-order valence-electron chi connectivity index (χ3n) is 5.71. The molecule has 40 heavy (non-hydrogen) atoms. The molecule has 0 bridgehead atoms. The van der Waals surface area contributed by atoms with Gasteiger partial charge in [-0.15, -0.1) is 0 Å². The van der Waals surface area contributed by atoms with Gasteiger partial charge in [-0.3, -0.25) is 29.4 Å². The molecule has 0 aromatic heterocycles. The topological polar surface area (TPSA) is 119 Å². The normalized spacial score (nSPS) is 14.5. The largest absolute Gasteiger partial charge is 0.450 e. The highest BCUT2D eigenvalue weighted by atomic mass is 32.2. The zero-order valence-electron chi connectivity index (χ0n) is 20.9. The number of rotatable bonds is 7. The summed E-state index contributed by atoms with van der Waals surface area (Å²) in [6, 6.07) is 13.3. The fraction of sp³-hybridized carbons (Fsp3) is 0.148. The summed E-state index contributed by atoms with van der Waals surface area (Å²) in [5.41, 5.74) is 0.611. The lowest BCUT2D eigenvalue weighted by atomic mass is 10.1. The van der Waals surface area contributed by atoms with Crippen LogP contribution in [0.3, 0.4) is 0 Å². The summed E-state index contributed by atoms with van der Waals surface area (Å²) in [7, 11) is 0. The first-order valence-corrected chi connectivity index (χ1v) is 12.4. The molecule has 3 amide bonds. The van der Waals surface area contributed by atoms with Gasteiger partial charge in [-0.1, -0.05) is 24.3 Å². The number of carbonyl (C=O) groups is 3. The number of anilines is 1. The number of nitrogens with one attached hydrogen (secondary N) is 1. The second-order valence-corrected chi connectivity index (χ2v) is 9.74. The molecule has 0 radical (unpaired) electrons. The molecule has 1 heterocycles. The van der Waals surface area contributed by atoms with Gasteiger partial charge in [0, 0.05) is 11.8 Å². The summed E-state index contributed by atoms with van der Waals surface area (Å²) in [6.07, 6.45) is -3.39. The standard InChI is InChI=1S/C27H20F3N3O6S/c1-15-6-7-16(2)20(10-15)31-24(34)14-32-25(35)23(40-26(32)36)12-17-4-3-5-19(11-17)39-22-9-8-18(27(28,29)30)13-21(22)33(37)38/h3-13H,14H2,1-2H3,(H,31,34)/b23-12+. The van der Waals surface area contributed by atoms with Gasteiger partial charge in [-0.25, -0.2) is 0 Å². The van der Waals surface area contributed by atoms with Gasteiger partial charge in [-0.2, -0.15) is 13.2 Å². The number of ether oxygens (including phenoxy) is 1. The number of nitro benzene ring substituents is 1. The highest BCUT2D eigenvalue weighted by molar-refractivity contribution is 8.18. The number of aryl methyl sites for hydroxylation is 2. The van der Waals surface area contributed by atoms with Crippen molar-refractivity contribution < 1.29 is 37.2 Å². The van der Waals surface area contributed by atoms with Gasteiger partial charge >= 0.3 is 11.9 Å². The molecule has 1 saturated heterocycles. The fourth-order valence-electron chi connectivity index (χ4n) is 3.71. The molecule has 3 aromatic carbocycles. The van der Waals surface area contributed by atoms with E-state index >= 15 is 0 Å². The molecule has 1 fully saturated rings. The van der Waals surface area contributed by atoms with Crippen molar-refractivity contribution >= 4 is 46.3 Å². The molecule has 9 nitrogen and oxygen atoms in total. The smallest absolute Gasteiger partial charge is 0.416 e. The van der Waals surface area contributed by atoms with E-state index in [2.05, 4.69) is 5.32 Å². The van der Waals surface area contributed by atoms with Gasteiger partial charge in [0.1, 0.15) is 12.3 Å². The molecule has 0 atom stereocenters. The fourth-order valence-corrected chi connectivity index (χ4v) is 4.55. The van der Waals surface area contributed by atoms with Crippen molar-refractivity contribution in [3.63, 3.8) is 0 Å². The predicted molar refractivity (Wildman–Crippen MR) is 142 cm³/mol. The molecular formula is C27H20F3N3O6S. The monoisotopic (exact) mass is 571 g/mol. The quantitative estimate of drug-likeness (QED) is 0.190. The molecule has 206 valence electrons. The summed E-state index contributed by atoms with van der Waals surface area (Å²) in [6.45, 7) is 3.18. The zero-order chi connectivity index (χ0) is 29.2. The van der Waals surface area contributed by atoms with Crippen LogP contribution in [0.1, 0.15) is 22.3 Å². The molecule has 0 spiro atoms. The molecule has 1 N–H and O–H groups in total. The maximum absolute atomic E-state index is 13.0. The summed E-state index contributed by atoms with van der Waals surface area (Å²) in [5.74, 6) is -1.60. The van der Waals surface area contributed by atoms with Gasteiger partial charge in [-0.05, 0) is 78.7 Å². The number of hydrogen-bond acceptors (Lipinski definition) is 7. The Balaban J connectivity index is 1.49. The van der Waals surface area contributed by atoms with E-state index in [1.54, 1.807) is 12.1 Å². The van der Waals surface area contributed by atoms with E-state index in [0.29, 0.717) is 35.1 Å². The minimum absolute atomic E-state index is 0.0298. The lowest BCUT2D eigenvalue weighted by molar-refractivity contribution is -0.385. The van der Waals surface area contributed by atoms with Crippen molar-refractivity contribution in [2.75, 3.05) is 11.9 Å². The molecule has 0 unspecified atom stereocenters. The Morgan fingerprint density at radius 3 is 2.55 bits per heavy atom. The van der Waals surface area contributed by atoms with Gasteiger partial charge in [0.05, 0.1) is 15.4 Å². The van der Waals surface area contributed by atoms with E-state index in [0.717, 1.165) is 22.1 Å². The molecule has 0 aliphatic carbocycles. The molecular weight excluding hydrogens is 551 g/mol. The number of halogens is 3. The zero-order valence-corrected chi connectivity index (χ0v) is 21.8. The minimum Gasteiger partial charge on any atom is -0.450 e. The third kappa shape index (κ3) is 6.49. The van der Waals surface area contributed by atoms with E-state index in [4.69, 9.17) is 4.74 Å². The van der Waals surface area contributed by atoms with E-state index in [9.17, 15) is 37.7 Å². The van der Waals surface area contributed by atoms with Crippen LogP contribution in [0.2, 0.25) is 0 Å². The van der Waals surface area contributed by atoms with Crippen LogP contribution in [0.15, 0.2) is 65.6 Å². The molecule has 4 rings (SSSR count). The number of alkyl halides is 3. The Labute approximate surface area is 229 Å². The maximum Gasteiger partial charge on any atom is 0.416 e. The van der Waals surface area contributed by atoms with Crippen LogP contribution in [-0.2, 0) is 15.8 Å². The van der Waals surface area contributed by atoms with Crippen molar-refractivity contribution in [2.24, 2.45) is 0 Å². The van der Waals surface area contributed by atoms with E-state index in [1.807, 2.05) is 26.0 Å². The summed E-state index contributed by atoms with van der Waals surface area (Å²) >= 11 is 0.632. The first kappa shape index (κ1) is 28.4. The van der Waals surface area contributed by atoms with Gasteiger partial charge in [0.25, 0.3) is 11.1 Å². The van der Waals surface area contributed by atoms with E-state index in [-0.39, 0.29) is 10.7 Å². The van der Waals surface area contributed by atoms with Crippen LogP contribution in [0.5, 0.6) is 11.5 Å². The van der Waals surface area contributed by atoms with Crippen molar-refractivity contribution in [2.45, 2.75) is 20.0 Å². The van der Waals surface area contributed by atoms with Crippen molar-refractivity contribution in [3.8, 4) is 11.5 Å². The van der Waals surface area contributed by atoms with Crippen LogP contribution in [-0.4, -0.2) is 33.4 Å². The number of amides is 3. The van der Waals surface area contributed by atoms with Crippen molar-refractivity contribution in [3.05, 3.63) is 97.9 Å². The molecule has 1 aliphatic heterocycles. The average molecular weight is 572 g/mol. The Bertz CT molecular complexity index is 1570. The van der Waals surface area contributed by atoms with Crippen molar-refractivity contribution in [1.29, 1.82) is 0 Å². The van der Waals surface area contributed by atoms with Crippen LogP contribution in [0, 0.1) is 24.0 Å². The molecule has 3 aromatic rings. The van der Waals surface area contributed by atoms with Gasteiger partial charge in [0.2, 0.25) is 11.7 Å². The number of thioether (sulfide) groups is 1. The number of hydrogen-bond donors (Lipinski definition) is 1. The Morgan fingerprint density at radius 2 is 1.85 bits per heavy atom. The van der Waals surface area contributed by atoms with Crippen LogP contribution < -0.4 is 10.1 Å². The highest BCUT2D eigenvalue weighted by Gasteiger charge is 2.36. The maximum atomic E-state index is 13.0. The number of carbonyl (C=O) groups excluding carboxylic acids is 3. The predicted octanol–water partition coefficient (Wildman–Crippen LogP) is 6.70. The summed E-state index contributed by atoms with van der Waals surface area (Å²) < 4.78 is 44.4. The number of nitrogens with zero attached hydrogens (tertiary/aromatic N) is 2. The lowest BCUT2D eigenvalue weighted by Gasteiger charge is -2.14. The van der Waals surface area contributed by atoms with Crippen LogP contribution in [0.25, 0.3) is 6.08 Å². The molecule has 13 heteroatoms. The number of benzene rings is 3. The SMILES string of the molecule is Cc1ccc(C)c(NC(=O)CN2C(=O)S/C(=C/c3cccc(Oc4ccc(C(F)(F)F)cc4[N+](=O)[O-])c3)C2=O)c1. The number of imide groups is 1. The minimum atomic E-state index is -4.77. The Hall–Kier alpha value is -4.65. The second-order valence-electron chi connectivity index (χ2n) is 8.75. The van der Waals surface area contributed by atoms with Gasteiger partial charge in [0.15, 0.2) is 0 Å². The van der Waals surface area contributed by atoms with E-state index < -0.39 is 51.7 Å². The Kier molecular flexibility index (Phi) is 7.96. The first-order chi connectivity index (χ1) is 18.8. The first-order valence-electron chi connectivity index (χ1n) is 11.6. The highest BCUT2D eigenvalue weighted by Crippen LogP contribution is 2.38. The lowest BCUT2D eigenvalue weighted by Crippen LogP contribution is -2.36. The average Bonchev–Trinajstić information content (AvgIpc) is 3.13. The molecule has 1 aliphatic rings. The summed E-state index contributed by atoms with van der Waals surface area (Å²) in [5, 5.41) is 13.4. The van der Waals surface area contributed by atoms with E-state index in [1.165, 1.54) is 24.3 Å². The van der Waals surface area contributed by atoms with Crippen LogP contribution in [0.4, 0.5) is 29.3 Å². The van der Waals surface area contributed by atoms with Crippen molar-refractivity contribution in [1.82, 2.24) is 4.90 Å². The van der Waals surface area contributed by atoms with Crippen LogP contribution >= 0.6 is 11.8 Å².